The minimum atomic E-state index is -0.474. The number of hydrogen-bond acceptors (Lipinski definition) is 8. The number of benzene rings is 1. The molecule has 3 aliphatic heterocycles. The predicted octanol–water partition coefficient (Wildman–Crippen LogP) is 4.48. The molecule has 11 heteroatoms. The number of fused-ring (bicyclic) bond motifs is 1. The summed E-state index contributed by atoms with van der Waals surface area (Å²) in [6.45, 7) is 15.3. The van der Waals surface area contributed by atoms with Crippen LogP contribution < -0.4 is 5.43 Å². The zero-order valence-corrected chi connectivity index (χ0v) is 26.2. The first-order valence-corrected chi connectivity index (χ1v) is 15.4. The van der Waals surface area contributed by atoms with Gasteiger partial charge in [-0.25, -0.2) is 9.78 Å². The highest BCUT2D eigenvalue weighted by Crippen LogP contribution is 2.29. The number of amides is 3. The van der Waals surface area contributed by atoms with Crippen LogP contribution in [0.25, 0.3) is 10.9 Å². The molecule has 10 nitrogen and oxygen atoms in total. The summed E-state index contributed by atoms with van der Waals surface area (Å²) in [5, 5.41) is 2.18. The summed E-state index contributed by atoms with van der Waals surface area (Å²) in [5.74, 6) is -0.680. The quantitative estimate of drug-likeness (QED) is 0.484. The number of hydrogen-bond donors (Lipinski definition) is 1. The van der Waals surface area contributed by atoms with E-state index >= 15 is 0 Å². The second-order valence-electron chi connectivity index (χ2n) is 12.5. The van der Waals surface area contributed by atoms with Gasteiger partial charge in [0, 0.05) is 73.5 Å². The van der Waals surface area contributed by atoms with Gasteiger partial charge in [0.05, 0.1) is 5.52 Å². The monoisotopic (exact) mass is 628 g/mol. The van der Waals surface area contributed by atoms with E-state index in [1.165, 1.54) is 0 Å². The van der Waals surface area contributed by atoms with Crippen LogP contribution in [-0.2, 0) is 20.9 Å². The molecule has 3 saturated heterocycles. The molecule has 3 fully saturated rings. The number of likely N-dealkylation sites (tertiary alicyclic amines) is 1. The molecule has 3 aliphatic rings. The Kier molecular flexibility index (Phi) is 8.59. The summed E-state index contributed by atoms with van der Waals surface area (Å²) in [7, 11) is 0. The van der Waals surface area contributed by atoms with E-state index in [4.69, 9.17) is 9.72 Å². The van der Waals surface area contributed by atoms with Crippen LogP contribution in [0.2, 0.25) is 0 Å². The maximum absolute atomic E-state index is 12.7. The number of piperidine rings is 1. The molecule has 222 valence electrons. The number of nitrogens with one attached hydrogen (secondary N) is 1. The van der Waals surface area contributed by atoms with Gasteiger partial charge in [0.1, 0.15) is 11.4 Å². The van der Waals surface area contributed by atoms with Gasteiger partial charge in [0.2, 0.25) is 0 Å². The van der Waals surface area contributed by atoms with Crippen LogP contribution in [0.15, 0.2) is 28.7 Å². The molecule has 0 spiro atoms. The van der Waals surface area contributed by atoms with Gasteiger partial charge in [-0.2, -0.15) is 5.01 Å². The third-order valence-corrected chi connectivity index (χ3v) is 8.98. The smallest absolute Gasteiger partial charge is 0.410 e. The van der Waals surface area contributed by atoms with Crippen LogP contribution >= 0.6 is 15.9 Å². The van der Waals surface area contributed by atoms with Crippen molar-refractivity contribution in [3.05, 3.63) is 34.3 Å². The number of carbonyl (C=O) groups is 3. The van der Waals surface area contributed by atoms with Gasteiger partial charge in [0.15, 0.2) is 0 Å². The van der Waals surface area contributed by atoms with Crippen molar-refractivity contribution in [1.29, 1.82) is 0 Å². The van der Waals surface area contributed by atoms with Crippen molar-refractivity contribution in [3.63, 3.8) is 0 Å². The Morgan fingerprint density at radius 2 is 1.63 bits per heavy atom. The maximum Gasteiger partial charge on any atom is 0.410 e. The third kappa shape index (κ3) is 6.67. The normalized spacial score (nSPS) is 23.5. The number of piperazine rings is 1. The fraction of sp³-hybridized carbons (Fsp3) is 0.600. The first-order valence-electron chi connectivity index (χ1n) is 14.6. The van der Waals surface area contributed by atoms with Gasteiger partial charge in [-0.05, 0) is 57.4 Å². The number of aromatic nitrogens is 1. The molecule has 0 radical (unpaired) electrons. The van der Waals surface area contributed by atoms with E-state index in [-0.39, 0.29) is 29.7 Å². The molecule has 41 heavy (non-hydrogen) atoms. The Bertz CT molecular complexity index is 1290. The SMILES string of the molecule is CC1C(=O)N(Nc2cc(CN3CCN(C4CCN(C(=O)OC(C)(C)C)CC4)CC3)c3ccc(Br)cc3n2)C(=O)C1C. The molecule has 5 rings (SSSR count). The highest BCUT2D eigenvalue weighted by Gasteiger charge is 2.43. The summed E-state index contributed by atoms with van der Waals surface area (Å²) in [4.78, 5) is 49.4. The van der Waals surface area contributed by atoms with E-state index in [1.807, 2.05) is 43.9 Å². The van der Waals surface area contributed by atoms with Crippen LogP contribution in [0.4, 0.5) is 10.6 Å². The highest BCUT2D eigenvalue weighted by molar-refractivity contribution is 9.10. The van der Waals surface area contributed by atoms with Crippen LogP contribution in [0, 0.1) is 11.8 Å². The van der Waals surface area contributed by atoms with Crippen LogP contribution in [-0.4, -0.2) is 93.5 Å². The highest BCUT2D eigenvalue weighted by atomic mass is 79.9. The van der Waals surface area contributed by atoms with Crippen molar-refractivity contribution in [3.8, 4) is 0 Å². The standard InChI is InChI=1S/C30H41BrN6O4/c1-19-20(2)28(39)37(27(19)38)33-26-16-21(24-7-6-22(31)17-25(24)32-26)18-34-12-14-35(15-13-34)23-8-10-36(11-9-23)29(40)41-30(3,4)5/h6-7,16-17,19-20,23H,8-15,18H2,1-5H3,(H,32,33). The largest absolute Gasteiger partial charge is 0.444 e. The Balaban J connectivity index is 1.22. The van der Waals surface area contributed by atoms with Gasteiger partial charge in [-0.1, -0.05) is 35.8 Å². The maximum atomic E-state index is 12.7. The first-order chi connectivity index (χ1) is 19.4. The molecule has 2 unspecified atom stereocenters. The van der Waals surface area contributed by atoms with Crippen molar-refractivity contribution in [2.24, 2.45) is 11.8 Å². The molecule has 1 aromatic carbocycles. The molecule has 0 saturated carbocycles. The minimum absolute atomic E-state index is 0.214. The molecule has 1 aromatic heterocycles. The number of anilines is 1. The molecule has 2 atom stereocenters. The summed E-state index contributed by atoms with van der Waals surface area (Å²) in [5.41, 5.74) is 4.44. The molecule has 0 bridgehead atoms. The number of rotatable bonds is 5. The number of ether oxygens (including phenoxy) is 1. The number of carbonyl (C=O) groups excluding carboxylic acids is 3. The molecular weight excluding hydrogens is 588 g/mol. The fourth-order valence-corrected chi connectivity index (χ4v) is 6.25. The van der Waals surface area contributed by atoms with E-state index in [2.05, 4.69) is 37.2 Å². The predicted molar refractivity (Wildman–Crippen MR) is 161 cm³/mol. The number of halogens is 1. The fourth-order valence-electron chi connectivity index (χ4n) is 5.90. The Morgan fingerprint density at radius 3 is 2.24 bits per heavy atom. The summed E-state index contributed by atoms with van der Waals surface area (Å²) in [6.07, 6.45) is 1.71. The molecule has 0 aliphatic carbocycles. The third-order valence-electron chi connectivity index (χ3n) is 8.49. The van der Waals surface area contributed by atoms with Gasteiger partial charge in [0.25, 0.3) is 11.8 Å². The van der Waals surface area contributed by atoms with Gasteiger partial charge in [-0.3, -0.25) is 24.8 Å². The van der Waals surface area contributed by atoms with Crippen molar-refractivity contribution in [2.45, 2.75) is 65.6 Å². The van der Waals surface area contributed by atoms with Crippen LogP contribution in [0.3, 0.4) is 0 Å². The van der Waals surface area contributed by atoms with Crippen molar-refractivity contribution >= 4 is 50.6 Å². The Labute approximate surface area is 250 Å². The molecule has 4 heterocycles. The molecular formula is C30H41BrN6O4. The topological polar surface area (TPSA) is 98.3 Å². The van der Waals surface area contributed by atoms with Crippen LogP contribution in [0.1, 0.15) is 53.0 Å². The van der Waals surface area contributed by atoms with E-state index in [0.717, 1.165) is 84.6 Å². The number of hydrazine groups is 1. The minimum Gasteiger partial charge on any atom is -0.444 e. The Morgan fingerprint density at radius 1 is 1.00 bits per heavy atom. The first kappa shape index (κ1) is 29.7. The number of imide groups is 1. The van der Waals surface area contributed by atoms with E-state index < -0.39 is 5.60 Å². The van der Waals surface area contributed by atoms with Crippen molar-refractivity contribution in [1.82, 2.24) is 24.7 Å². The van der Waals surface area contributed by atoms with Gasteiger partial charge < -0.3 is 9.64 Å². The zero-order valence-electron chi connectivity index (χ0n) is 24.7. The van der Waals surface area contributed by atoms with Gasteiger partial charge >= 0.3 is 6.09 Å². The second-order valence-corrected chi connectivity index (χ2v) is 13.5. The van der Waals surface area contributed by atoms with Crippen molar-refractivity contribution < 1.29 is 19.1 Å². The van der Waals surface area contributed by atoms with E-state index in [1.54, 1.807) is 13.8 Å². The number of nitrogens with zero attached hydrogens (tertiary/aromatic N) is 5. The van der Waals surface area contributed by atoms with E-state index in [9.17, 15) is 14.4 Å². The molecule has 3 amide bonds. The van der Waals surface area contributed by atoms with E-state index in [0.29, 0.717) is 11.9 Å². The second kappa shape index (κ2) is 11.9. The lowest BCUT2D eigenvalue weighted by Crippen LogP contribution is -2.53. The lowest BCUT2D eigenvalue weighted by molar-refractivity contribution is -0.138. The summed E-state index contributed by atoms with van der Waals surface area (Å²) >= 11 is 3.55. The summed E-state index contributed by atoms with van der Waals surface area (Å²) < 4.78 is 6.47. The average Bonchev–Trinajstić information content (AvgIpc) is 3.10. The van der Waals surface area contributed by atoms with Crippen molar-refractivity contribution in [2.75, 3.05) is 44.7 Å². The zero-order chi connectivity index (χ0) is 29.5. The Hall–Kier alpha value is -2.76. The van der Waals surface area contributed by atoms with Crippen LogP contribution in [0.5, 0.6) is 0 Å². The lowest BCUT2D eigenvalue weighted by atomic mass is 10.00. The molecule has 1 N–H and O–H groups in total. The molecule has 2 aromatic rings. The average molecular weight is 630 g/mol. The number of pyridine rings is 1. The summed E-state index contributed by atoms with van der Waals surface area (Å²) in [6, 6.07) is 8.48. The van der Waals surface area contributed by atoms with Gasteiger partial charge in [-0.15, -0.1) is 0 Å². The lowest BCUT2D eigenvalue weighted by Gasteiger charge is -2.43.